The van der Waals surface area contributed by atoms with Crippen LogP contribution in [0.5, 0.6) is 0 Å². The van der Waals surface area contributed by atoms with Gasteiger partial charge in [-0.05, 0) is 25.5 Å². The Morgan fingerprint density at radius 1 is 1.53 bits per heavy atom. The van der Waals surface area contributed by atoms with Crippen LogP contribution in [0.25, 0.3) is 0 Å². The molecule has 0 aliphatic heterocycles. The summed E-state index contributed by atoms with van der Waals surface area (Å²) in [6.07, 6.45) is 5.26. The molecule has 4 N–H and O–H groups in total. The van der Waals surface area contributed by atoms with Gasteiger partial charge in [0.2, 0.25) is 0 Å². The van der Waals surface area contributed by atoms with E-state index in [-0.39, 0.29) is 11.6 Å². The van der Waals surface area contributed by atoms with Gasteiger partial charge in [0.1, 0.15) is 0 Å². The minimum Gasteiger partial charge on any atom is -0.337 e. The highest BCUT2D eigenvalue weighted by Crippen LogP contribution is 2.27. The molecule has 0 heterocycles. The zero-order valence-electron chi connectivity index (χ0n) is 9.51. The van der Waals surface area contributed by atoms with Crippen LogP contribution >= 0.6 is 11.8 Å². The third kappa shape index (κ3) is 4.30. The van der Waals surface area contributed by atoms with Crippen molar-refractivity contribution in [3.63, 3.8) is 0 Å². The molecule has 1 aliphatic rings. The first-order valence-corrected chi connectivity index (χ1v) is 6.68. The Morgan fingerprint density at radius 2 is 2.20 bits per heavy atom. The van der Waals surface area contributed by atoms with Crippen LogP contribution < -0.4 is 16.4 Å². The minimum absolute atomic E-state index is 0.104. The van der Waals surface area contributed by atoms with Crippen molar-refractivity contribution in [2.75, 3.05) is 19.3 Å². The maximum Gasteiger partial charge on any atom is 0.314 e. The molecule has 1 fully saturated rings. The van der Waals surface area contributed by atoms with Gasteiger partial charge in [-0.25, -0.2) is 4.79 Å². The summed E-state index contributed by atoms with van der Waals surface area (Å²) in [6, 6.07) is -0.104. The maximum absolute atomic E-state index is 11.4. The normalized spacial score (nSPS) is 20.2. The second-order valence-corrected chi connectivity index (χ2v) is 5.60. The number of urea groups is 1. The summed E-state index contributed by atoms with van der Waals surface area (Å²) < 4.78 is 0. The van der Waals surface area contributed by atoms with E-state index in [1.54, 1.807) is 11.8 Å². The second kappa shape index (κ2) is 5.61. The number of carbonyl (C=O) groups excluding carboxylic acids is 1. The molecule has 0 aromatic rings. The summed E-state index contributed by atoms with van der Waals surface area (Å²) in [5.41, 5.74) is 5.85. The first-order chi connectivity index (χ1) is 7.06. The summed E-state index contributed by atoms with van der Waals surface area (Å²) in [7, 11) is 0. The topological polar surface area (TPSA) is 67.2 Å². The molecular weight excluding hydrogens is 210 g/mol. The van der Waals surface area contributed by atoms with E-state index < -0.39 is 0 Å². The van der Waals surface area contributed by atoms with Gasteiger partial charge in [0.05, 0.1) is 0 Å². The average molecular weight is 231 g/mol. The third-order valence-corrected chi connectivity index (χ3v) is 3.87. The molecule has 0 radical (unpaired) electrons. The number of rotatable bonds is 5. The second-order valence-electron chi connectivity index (χ2n) is 4.33. The van der Waals surface area contributed by atoms with Crippen LogP contribution in [0.1, 0.15) is 26.2 Å². The van der Waals surface area contributed by atoms with Crippen LogP contribution in [0.4, 0.5) is 4.79 Å². The van der Waals surface area contributed by atoms with Gasteiger partial charge >= 0.3 is 6.03 Å². The van der Waals surface area contributed by atoms with Crippen molar-refractivity contribution < 1.29 is 4.79 Å². The van der Waals surface area contributed by atoms with Crippen molar-refractivity contribution in [2.45, 2.75) is 37.0 Å². The average Bonchev–Trinajstić information content (AvgIpc) is 2.20. The molecule has 4 nitrogen and oxygen atoms in total. The number of nitrogens with two attached hydrogens (primary N) is 1. The maximum atomic E-state index is 11.4. The van der Waals surface area contributed by atoms with Gasteiger partial charge in [0, 0.05) is 23.9 Å². The molecule has 1 aliphatic carbocycles. The van der Waals surface area contributed by atoms with E-state index in [4.69, 9.17) is 5.73 Å². The van der Waals surface area contributed by atoms with Gasteiger partial charge in [0.25, 0.3) is 0 Å². The first-order valence-electron chi connectivity index (χ1n) is 5.39. The third-order valence-electron chi connectivity index (χ3n) is 2.90. The Hall–Kier alpha value is -0.420. The monoisotopic (exact) mass is 231 g/mol. The van der Waals surface area contributed by atoms with Crippen LogP contribution in [0, 0.1) is 0 Å². The highest BCUT2D eigenvalue weighted by Gasteiger charge is 2.32. The standard InChI is InChI=1S/C10H21N3OS/c1-8(15-2)6-12-9(14)13-7-10(11)4-3-5-10/h8H,3-7,11H2,1-2H3,(H2,12,13,14). The van der Waals surface area contributed by atoms with E-state index in [0.717, 1.165) is 12.8 Å². The number of hydrogen-bond acceptors (Lipinski definition) is 3. The molecular formula is C10H21N3OS. The van der Waals surface area contributed by atoms with Gasteiger partial charge in [-0.1, -0.05) is 6.92 Å². The van der Waals surface area contributed by atoms with Gasteiger partial charge in [-0.3, -0.25) is 0 Å². The van der Waals surface area contributed by atoms with Gasteiger partial charge in [-0.2, -0.15) is 11.8 Å². The lowest BCUT2D eigenvalue weighted by molar-refractivity contribution is 0.218. The van der Waals surface area contributed by atoms with E-state index in [2.05, 4.69) is 17.6 Å². The van der Waals surface area contributed by atoms with Crippen LogP contribution in [0.15, 0.2) is 0 Å². The Morgan fingerprint density at radius 3 is 2.67 bits per heavy atom. The van der Waals surface area contributed by atoms with Crippen LogP contribution in [-0.4, -0.2) is 36.2 Å². The van der Waals surface area contributed by atoms with Crippen LogP contribution in [0.3, 0.4) is 0 Å². The van der Waals surface area contributed by atoms with Crippen molar-refractivity contribution >= 4 is 17.8 Å². The zero-order chi connectivity index (χ0) is 11.3. The van der Waals surface area contributed by atoms with E-state index in [0.29, 0.717) is 18.3 Å². The van der Waals surface area contributed by atoms with Crippen molar-refractivity contribution in [3.05, 3.63) is 0 Å². The smallest absolute Gasteiger partial charge is 0.314 e. The molecule has 5 heteroatoms. The lowest BCUT2D eigenvalue weighted by Gasteiger charge is -2.38. The van der Waals surface area contributed by atoms with E-state index in [1.807, 2.05) is 6.26 Å². The molecule has 0 aromatic heterocycles. The Kier molecular flexibility index (Phi) is 4.73. The SMILES string of the molecule is CSC(C)CNC(=O)NCC1(N)CCC1. The fourth-order valence-corrected chi connectivity index (χ4v) is 1.70. The summed E-state index contributed by atoms with van der Waals surface area (Å²) in [5, 5.41) is 6.10. The zero-order valence-corrected chi connectivity index (χ0v) is 10.3. The number of thioether (sulfide) groups is 1. The van der Waals surface area contributed by atoms with Gasteiger partial charge in [0.15, 0.2) is 0 Å². The molecule has 2 amide bonds. The number of hydrogen-bond donors (Lipinski definition) is 3. The largest absolute Gasteiger partial charge is 0.337 e. The van der Waals surface area contributed by atoms with Crippen LogP contribution in [-0.2, 0) is 0 Å². The predicted molar refractivity (Wildman–Crippen MR) is 65.1 cm³/mol. The molecule has 1 saturated carbocycles. The van der Waals surface area contributed by atoms with Crippen molar-refractivity contribution in [2.24, 2.45) is 5.73 Å². The lowest BCUT2D eigenvalue weighted by atomic mass is 9.78. The highest BCUT2D eigenvalue weighted by atomic mass is 32.2. The van der Waals surface area contributed by atoms with Crippen molar-refractivity contribution in [1.29, 1.82) is 0 Å². The molecule has 0 aromatic carbocycles. The summed E-state index contributed by atoms with van der Waals surface area (Å²) >= 11 is 1.74. The first kappa shape index (κ1) is 12.6. The Balaban J connectivity index is 2.08. The fraction of sp³-hybridized carbons (Fsp3) is 0.900. The fourth-order valence-electron chi connectivity index (χ4n) is 1.45. The molecule has 0 bridgehead atoms. The number of carbonyl (C=O) groups is 1. The molecule has 1 atom stereocenters. The van der Waals surface area contributed by atoms with Gasteiger partial charge < -0.3 is 16.4 Å². The number of nitrogens with one attached hydrogen (secondary N) is 2. The predicted octanol–water partition coefficient (Wildman–Crippen LogP) is 0.918. The van der Waals surface area contributed by atoms with E-state index >= 15 is 0 Å². The number of amides is 2. The van der Waals surface area contributed by atoms with Crippen molar-refractivity contribution in [3.8, 4) is 0 Å². The summed E-state index contributed by atoms with van der Waals surface area (Å²) in [6.45, 7) is 3.37. The Bertz CT molecular complexity index is 219. The molecule has 15 heavy (non-hydrogen) atoms. The lowest BCUT2D eigenvalue weighted by Crippen LogP contribution is -2.56. The minimum atomic E-state index is -0.136. The molecule has 88 valence electrons. The molecule has 0 spiro atoms. The van der Waals surface area contributed by atoms with Crippen LogP contribution in [0.2, 0.25) is 0 Å². The molecule has 1 rings (SSSR count). The van der Waals surface area contributed by atoms with E-state index in [9.17, 15) is 4.79 Å². The van der Waals surface area contributed by atoms with E-state index in [1.165, 1.54) is 6.42 Å². The van der Waals surface area contributed by atoms with Crippen molar-refractivity contribution in [1.82, 2.24) is 10.6 Å². The highest BCUT2D eigenvalue weighted by molar-refractivity contribution is 7.99. The summed E-state index contributed by atoms with van der Waals surface area (Å²) in [4.78, 5) is 11.4. The molecule has 0 saturated heterocycles. The quantitative estimate of drug-likeness (QED) is 0.659. The van der Waals surface area contributed by atoms with Gasteiger partial charge in [-0.15, -0.1) is 0 Å². The Labute approximate surface area is 95.7 Å². The summed E-state index contributed by atoms with van der Waals surface area (Å²) in [5.74, 6) is 0. The molecule has 1 unspecified atom stereocenters.